The van der Waals surface area contributed by atoms with Gasteiger partial charge in [-0.15, -0.1) is 0 Å². The Morgan fingerprint density at radius 3 is 2.27 bits per heavy atom. The van der Waals surface area contributed by atoms with Crippen molar-refractivity contribution in [3.8, 4) is 5.75 Å². The minimum Gasteiger partial charge on any atom is -0.444 e. The van der Waals surface area contributed by atoms with E-state index in [4.69, 9.17) is 9.47 Å². The number of nitrogens with zero attached hydrogens (tertiary/aromatic N) is 2. The average Bonchev–Trinajstić information content (AvgIpc) is 2.65. The maximum atomic E-state index is 12.4. The van der Waals surface area contributed by atoms with E-state index < -0.39 is 22.7 Å². The zero-order valence-corrected chi connectivity index (χ0v) is 18.3. The van der Waals surface area contributed by atoms with Crippen molar-refractivity contribution in [2.24, 2.45) is 0 Å². The molecule has 0 radical (unpaired) electrons. The molecule has 0 spiro atoms. The van der Waals surface area contributed by atoms with Gasteiger partial charge in [0, 0.05) is 31.8 Å². The summed E-state index contributed by atoms with van der Waals surface area (Å²) in [5, 5.41) is 13.2. The summed E-state index contributed by atoms with van der Waals surface area (Å²) in [6.07, 6.45) is 4.23. The number of hydrogen-bond donors (Lipinski definition) is 1. The van der Waals surface area contributed by atoms with Crippen LogP contribution in [0.25, 0.3) is 0 Å². The first-order valence-corrected chi connectivity index (χ1v) is 10.3. The first-order chi connectivity index (χ1) is 14.1. The van der Waals surface area contributed by atoms with Crippen molar-refractivity contribution in [3.05, 3.63) is 34.4 Å². The summed E-state index contributed by atoms with van der Waals surface area (Å²) in [7, 11) is 0. The molecule has 168 valence electrons. The lowest BCUT2D eigenvalue weighted by atomic mass is 10.1. The second-order valence-electron chi connectivity index (χ2n) is 7.95. The van der Waals surface area contributed by atoms with Crippen LogP contribution < -0.4 is 10.1 Å². The van der Waals surface area contributed by atoms with Gasteiger partial charge in [0.1, 0.15) is 11.4 Å². The number of nitro groups is 1. The second kappa shape index (κ2) is 12.7. The number of hydrogen-bond acceptors (Lipinski definition) is 6. The molecule has 0 aliphatic heterocycles. The molecule has 0 aliphatic carbocycles. The smallest absolute Gasteiger partial charge is 0.412 e. The lowest BCUT2D eigenvalue weighted by molar-refractivity contribution is -0.384. The molecular weight excluding hydrogens is 390 g/mol. The largest absolute Gasteiger partial charge is 0.444 e. The summed E-state index contributed by atoms with van der Waals surface area (Å²) in [4.78, 5) is 36.1. The van der Waals surface area contributed by atoms with Crippen LogP contribution in [0.5, 0.6) is 5.75 Å². The highest BCUT2D eigenvalue weighted by Gasteiger charge is 2.22. The molecule has 0 saturated heterocycles. The van der Waals surface area contributed by atoms with Crippen LogP contribution in [0.4, 0.5) is 15.3 Å². The molecule has 2 amide bonds. The topological polar surface area (TPSA) is 111 Å². The van der Waals surface area contributed by atoms with Gasteiger partial charge < -0.3 is 19.7 Å². The van der Waals surface area contributed by atoms with E-state index in [1.807, 2.05) is 20.8 Å². The highest BCUT2D eigenvalue weighted by Crippen LogP contribution is 2.17. The van der Waals surface area contributed by atoms with Crippen LogP contribution in [0, 0.1) is 10.1 Å². The molecule has 1 N–H and O–H groups in total. The van der Waals surface area contributed by atoms with E-state index in [-0.39, 0.29) is 24.5 Å². The molecule has 0 aromatic heterocycles. The summed E-state index contributed by atoms with van der Waals surface area (Å²) >= 11 is 0. The first kappa shape index (κ1) is 25.2. The van der Waals surface area contributed by atoms with E-state index in [1.165, 1.54) is 30.7 Å². The number of nitrogens with one attached hydrogen (secondary N) is 1. The standard InChI is InChI=1S/C21H33N3O6/c1-5-6-7-8-9-15-23(20(26)30-21(2,3)4)16-14-22-19(25)29-18-12-10-17(11-13-18)24(27)28/h10-13H,5-9,14-16H2,1-4H3,(H,22,25). The first-order valence-electron chi connectivity index (χ1n) is 10.3. The number of unbranched alkanes of at least 4 members (excludes halogenated alkanes) is 4. The summed E-state index contributed by atoms with van der Waals surface area (Å²) < 4.78 is 10.5. The normalized spacial score (nSPS) is 10.9. The molecule has 0 saturated carbocycles. The summed E-state index contributed by atoms with van der Waals surface area (Å²) in [6, 6.07) is 5.21. The Labute approximate surface area is 177 Å². The van der Waals surface area contributed by atoms with Crippen LogP contribution in [0.1, 0.15) is 59.8 Å². The van der Waals surface area contributed by atoms with E-state index in [2.05, 4.69) is 12.2 Å². The highest BCUT2D eigenvalue weighted by molar-refractivity contribution is 5.71. The van der Waals surface area contributed by atoms with Gasteiger partial charge >= 0.3 is 12.2 Å². The van der Waals surface area contributed by atoms with E-state index >= 15 is 0 Å². The zero-order valence-electron chi connectivity index (χ0n) is 18.3. The Bertz CT molecular complexity index is 685. The maximum Gasteiger partial charge on any atom is 0.412 e. The van der Waals surface area contributed by atoms with Crippen LogP contribution in [-0.2, 0) is 4.74 Å². The Kier molecular flexibility index (Phi) is 10.6. The molecule has 1 aromatic rings. The predicted octanol–water partition coefficient (Wildman–Crippen LogP) is 4.89. The average molecular weight is 424 g/mol. The minimum atomic E-state index is -0.698. The Balaban J connectivity index is 2.50. The lowest BCUT2D eigenvalue weighted by Gasteiger charge is -2.27. The molecule has 1 aromatic carbocycles. The van der Waals surface area contributed by atoms with Gasteiger partial charge in [-0.05, 0) is 39.3 Å². The van der Waals surface area contributed by atoms with E-state index in [0.717, 1.165) is 25.7 Å². The van der Waals surface area contributed by atoms with Gasteiger partial charge in [0.25, 0.3) is 5.69 Å². The number of rotatable bonds is 11. The van der Waals surface area contributed by atoms with Crippen molar-refractivity contribution in [2.45, 2.75) is 65.4 Å². The lowest BCUT2D eigenvalue weighted by Crippen LogP contribution is -2.42. The number of non-ortho nitro benzene ring substituents is 1. The van der Waals surface area contributed by atoms with Crippen molar-refractivity contribution in [1.29, 1.82) is 0 Å². The Morgan fingerprint density at radius 1 is 1.07 bits per heavy atom. The molecular formula is C21H33N3O6. The molecule has 0 atom stereocenters. The molecule has 30 heavy (non-hydrogen) atoms. The third-order valence-electron chi connectivity index (χ3n) is 4.09. The van der Waals surface area contributed by atoms with Gasteiger partial charge in [0.2, 0.25) is 0 Å². The van der Waals surface area contributed by atoms with Crippen molar-refractivity contribution in [2.75, 3.05) is 19.6 Å². The van der Waals surface area contributed by atoms with Gasteiger partial charge in [-0.2, -0.15) is 0 Å². The Hall–Kier alpha value is -2.84. The van der Waals surface area contributed by atoms with Crippen molar-refractivity contribution in [1.82, 2.24) is 10.2 Å². The van der Waals surface area contributed by atoms with Gasteiger partial charge in [-0.3, -0.25) is 10.1 Å². The molecule has 0 bridgehead atoms. The predicted molar refractivity (Wildman–Crippen MR) is 114 cm³/mol. The van der Waals surface area contributed by atoms with Crippen molar-refractivity contribution in [3.63, 3.8) is 0 Å². The van der Waals surface area contributed by atoms with E-state index in [0.29, 0.717) is 6.54 Å². The molecule has 0 unspecified atom stereocenters. The minimum absolute atomic E-state index is 0.0882. The van der Waals surface area contributed by atoms with E-state index in [9.17, 15) is 19.7 Å². The van der Waals surface area contributed by atoms with Gasteiger partial charge in [-0.1, -0.05) is 32.6 Å². The fourth-order valence-corrected chi connectivity index (χ4v) is 2.60. The number of carbonyl (C=O) groups excluding carboxylic acids is 2. The molecule has 0 heterocycles. The van der Waals surface area contributed by atoms with Crippen LogP contribution in [0.15, 0.2) is 24.3 Å². The number of ether oxygens (including phenoxy) is 2. The van der Waals surface area contributed by atoms with Crippen LogP contribution in [0.2, 0.25) is 0 Å². The van der Waals surface area contributed by atoms with Crippen LogP contribution in [0.3, 0.4) is 0 Å². The molecule has 0 aliphatic rings. The van der Waals surface area contributed by atoms with Crippen LogP contribution >= 0.6 is 0 Å². The van der Waals surface area contributed by atoms with Crippen molar-refractivity contribution >= 4 is 17.9 Å². The number of carbonyl (C=O) groups is 2. The SMILES string of the molecule is CCCCCCCN(CCNC(=O)Oc1ccc([N+](=O)[O-])cc1)C(=O)OC(C)(C)C. The Morgan fingerprint density at radius 2 is 1.70 bits per heavy atom. The molecule has 9 heteroatoms. The third kappa shape index (κ3) is 10.6. The van der Waals surface area contributed by atoms with Crippen LogP contribution in [-0.4, -0.2) is 47.2 Å². The number of nitro benzene ring substituents is 1. The summed E-state index contributed by atoms with van der Waals surface area (Å²) in [5.41, 5.74) is -0.686. The summed E-state index contributed by atoms with van der Waals surface area (Å²) in [6.45, 7) is 8.61. The van der Waals surface area contributed by atoms with Crippen molar-refractivity contribution < 1.29 is 24.0 Å². The summed E-state index contributed by atoms with van der Waals surface area (Å²) in [5.74, 6) is 0.193. The monoisotopic (exact) mass is 423 g/mol. The quantitative estimate of drug-likeness (QED) is 0.308. The fraction of sp³-hybridized carbons (Fsp3) is 0.619. The van der Waals surface area contributed by atoms with Gasteiger partial charge in [0.15, 0.2) is 0 Å². The second-order valence-corrected chi connectivity index (χ2v) is 7.95. The number of benzene rings is 1. The zero-order chi connectivity index (χ0) is 22.6. The van der Waals surface area contributed by atoms with E-state index in [1.54, 1.807) is 4.90 Å². The molecule has 9 nitrogen and oxygen atoms in total. The fourth-order valence-electron chi connectivity index (χ4n) is 2.60. The molecule has 0 fully saturated rings. The van der Waals surface area contributed by atoms with Gasteiger partial charge in [0.05, 0.1) is 4.92 Å². The highest BCUT2D eigenvalue weighted by atomic mass is 16.6. The third-order valence-corrected chi connectivity index (χ3v) is 4.09. The molecule has 1 rings (SSSR count). The van der Waals surface area contributed by atoms with Gasteiger partial charge in [-0.25, -0.2) is 9.59 Å². The maximum absolute atomic E-state index is 12.4. The number of amides is 2.